The molecule has 0 amide bonds. The minimum absolute atomic E-state index is 0.0685. The van der Waals surface area contributed by atoms with Gasteiger partial charge in [0.2, 0.25) is 0 Å². The molecular formula is C13H20N2O2. The third-order valence-corrected chi connectivity index (χ3v) is 3.13. The van der Waals surface area contributed by atoms with Crippen LogP contribution in [0.1, 0.15) is 18.5 Å². The minimum atomic E-state index is -0.0724. The lowest BCUT2D eigenvalue weighted by molar-refractivity contribution is 0.00357. The van der Waals surface area contributed by atoms with Crippen molar-refractivity contribution < 1.29 is 9.84 Å². The fourth-order valence-corrected chi connectivity index (χ4v) is 2.05. The Labute approximate surface area is 102 Å². The highest BCUT2D eigenvalue weighted by Crippen LogP contribution is 2.20. The summed E-state index contributed by atoms with van der Waals surface area (Å²) in [5, 5.41) is 9.10. The smallest absolute Gasteiger partial charge is 0.0980 e. The van der Waals surface area contributed by atoms with E-state index in [1.165, 1.54) is 0 Å². The van der Waals surface area contributed by atoms with E-state index < -0.39 is 0 Å². The number of nitrogens with zero attached hydrogens (tertiary/aromatic N) is 1. The summed E-state index contributed by atoms with van der Waals surface area (Å²) in [6.45, 7) is 4.34. The number of aliphatic hydroxyl groups is 1. The van der Waals surface area contributed by atoms with E-state index in [0.29, 0.717) is 6.61 Å². The van der Waals surface area contributed by atoms with Crippen molar-refractivity contribution in [3.8, 4) is 0 Å². The molecule has 0 saturated carbocycles. The summed E-state index contributed by atoms with van der Waals surface area (Å²) in [5.41, 5.74) is 8.12. The van der Waals surface area contributed by atoms with Gasteiger partial charge in [-0.3, -0.25) is 0 Å². The standard InChI is InChI=1S/C13H20N2O2/c1-10(14)11-2-4-12(5-3-11)15-6-7-17-13(8-15)9-16/h2-5,10,13,16H,6-9,14H2,1H3/t10-,13?/m1/s1. The van der Waals surface area contributed by atoms with Crippen LogP contribution >= 0.6 is 0 Å². The zero-order valence-corrected chi connectivity index (χ0v) is 10.2. The summed E-state index contributed by atoms with van der Waals surface area (Å²) in [4.78, 5) is 2.23. The molecule has 17 heavy (non-hydrogen) atoms. The van der Waals surface area contributed by atoms with E-state index in [1.807, 2.05) is 6.92 Å². The summed E-state index contributed by atoms with van der Waals surface area (Å²) in [6, 6.07) is 8.35. The van der Waals surface area contributed by atoms with Crippen molar-refractivity contribution in [2.24, 2.45) is 5.73 Å². The monoisotopic (exact) mass is 236 g/mol. The molecule has 4 heteroatoms. The summed E-state index contributed by atoms with van der Waals surface area (Å²) >= 11 is 0. The fraction of sp³-hybridized carbons (Fsp3) is 0.538. The van der Waals surface area contributed by atoms with Gasteiger partial charge in [0.15, 0.2) is 0 Å². The van der Waals surface area contributed by atoms with Crippen LogP contribution in [0.2, 0.25) is 0 Å². The molecule has 1 aliphatic heterocycles. The molecule has 1 heterocycles. The number of benzene rings is 1. The second-order valence-corrected chi connectivity index (χ2v) is 4.50. The molecule has 2 rings (SSSR count). The highest BCUT2D eigenvalue weighted by molar-refractivity contribution is 5.48. The molecule has 0 aromatic heterocycles. The van der Waals surface area contributed by atoms with Crippen LogP contribution in [-0.4, -0.2) is 37.5 Å². The number of morpholine rings is 1. The molecule has 1 aromatic rings. The SMILES string of the molecule is C[C@@H](N)c1ccc(N2CCOC(CO)C2)cc1. The molecule has 94 valence electrons. The van der Waals surface area contributed by atoms with E-state index in [1.54, 1.807) is 0 Å². The van der Waals surface area contributed by atoms with Crippen LogP contribution in [0.4, 0.5) is 5.69 Å². The quantitative estimate of drug-likeness (QED) is 0.819. The van der Waals surface area contributed by atoms with Gasteiger partial charge in [0.05, 0.1) is 19.3 Å². The average Bonchev–Trinajstić information content (AvgIpc) is 2.39. The zero-order chi connectivity index (χ0) is 12.3. The fourth-order valence-electron chi connectivity index (χ4n) is 2.05. The molecule has 3 N–H and O–H groups in total. The molecule has 0 spiro atoms. The summed E-state index contributed by atoms with van der Waals surface area (Å²) in [6.07, 6.45) is -0.0724. The minimum Gasteiger partial charge on any atom is -0.394 e. The van der Waals surface area contributed by atoms with Gasteiger partial charge in [0.1, 0.15) is 0 Å². The number of anilines is 1. The first-order chi connectivity index (χ1) is 8.20. The van der Waals surface area contributed by atoms with Crippen molar-refractivity contribution >= 4 is 5.69 Å². The number of hydrogen-bond acceptors (Lipinski definition) is 4. The second-order valence-electron chi connectivity index (χ2n) is 4.50. The maximum absolute atomic E-state index is 9.10. The molecule has 1 aromatic carbocycles. The second kappa shape index (κ2) is 5.49. The molecule has 1 saturated heterocycles. The third-order valence-electron chi connectivity index (χ3n) is 3.13. The maximum Gasteiger partial charge on any atom is 0.0980 e. The summed E-state index contributed by atoms with van der Waals surface area (Å²) in [7, 11) is 0. The molecule has 0 bridgehead atoms. The summed E-state index contributed by atoms with van der Waals surface area (Å²) in [5.74, 6) is 0. The Kier molecular flexibility index (Phi) is 3.99. The molecule has 2 atom stereocenters. The number of nitrogens with two attached hydrogens (primary N) is 1. The molecule has 0 aliphatic carbocycles. The Morgan fingerprint density at radius 1 is 1.47 bits per heavy atom. The van der Waals surface area contributed by atoms with Gasteiger partial charge in [-0.1, -0.05) is 12.1 Å². The van der Waals surface area contributed by atoms with Crippen molar-refractivity contribution in [3.05, 3.63) is 29.8 Å². The largest absolute Gasteiger partial charge is 0.394 e. The number of rotatable bonds is 3. The number of aliphatic hydroxyl groups excluding tert-OH is 1. The van der Waals surface area contributed by atoms with Gasteiger partial charge in [-0.2, -0.15) is 0 Å². The Balaban J connectivity index is 2.06. The number of hydrogen-bond donors (Lipinski definition) is 2. The van der Waals surface area contributed by atoms with Gasteiger partial charge in [-0.15, -0.1) is 0 Å². The van der Waals surface area contributed by atoms with Crippen LogP contribution in [0.15, 0.2) is 24.3 Å². The third kappa shape index (κ3) is 2.97. The topological polar surface area (TPSA) is 58.7 Å². The molecule has 1 unspecified atom stereocenters. The van der Waals surface area contributed by atoms with E-state index in [4.69, 9.17) is 15.6 Å². The lowest BCUT2D eigenvalue weighted by Gasteiger charge is -2.33. The van der Waals surface area contributed by atoms with Crippen molar-refractivity contribution in [1.82, 2.24) is 0 Å². The molecular weight excluding hydrogens is 216 g/mol. The average molecular weight is 236 g/mol. The molecule has 0 radical (unpaired) electrons. The molecule has 4 nitrogen and oxygen atoms in total. The van der Waals surface area contributed by atoms with Gasteiger partial charge in [-0.25, -0.2) is 0 Å². The highest BCUT2D eigenvalue weighted by Gasteiger charge is 2.19. The van der Waals surface area contributed by atoms with Crippen molar-refractivity contribution in [2.75, 3.05) is 31.2 Å². The van der Waals surface area contributed by atoms with E-state index in [0.717, 1.165) is 24.3 Å². The van der Waals surface area contributed by atoms with Gasteiger partial charge < -0.3 is 20.5 Å². The van der Waals surface area contributed by atoms with Crippen LogP contribution in [0.25, 0.3) is 0 Å². The Morgan fingerprint density at radius 3 is 2.76 bits per heavy atom. The van der Waals surface area contributed by atoms with Crippen LogP contribution in [0.5, 0.6) is 0 Å². The van der Waals surface area contributed by atoms with E-state index in [-0.39, 0.29) is 18.8 Å². The predicted octanol–water partition coefficient (Wildman–Crippen LogP) is 0.904. The van der Waals surface area contributed by atoms with E-state index >= 15 is 0 Å². The number of ether oxygens (including phenoxy) is 1. The first-order valence-corrected chi connectivity index (χ1v) is 6.03. The normalized spacial score (nSPS) is 22.5. The first-order valence-electron chi connectivity index (χ1n) is 6.03. The zero-order valence-electron chi connectivity index (χ0n) is 10.2. The first kappa shape index (κ1) is 12.4. The van der Waals surface area contributed by atoms with Crippen molar-refractivity contribution in [1.29, 1.82) is 0 Å². The Bertz CT molecular complexity index is 351. The van der Waals surface area contributed by atoms with E-state index in [9.17, 15) is 0 Å². The Hall–Kier alpha value is -1.10. The summed E-state index contributed by atoms with van der Waals surface area (Å²) < 4.78 is 5.43. The lowest BCUT2D eigenvalue weighted by atomic mass is 10.1. The van der Waals surface area contributed by atoms with Crippen LogP contribution in [0, 0.1) is 0 Å². The molecule has 1 aliphatic rings. The van der Waals surface area contributed by atoms with E-state index in [2.05, 4.69) is 29.2 Å². The predicted molar refractivity (Wildman–Crippen MR) is 68.1 cm³/mol. The van der Waals surface area contributed by atoms with Crippen LogP contribution in [0.3, 0.4) is 0 Å². The van der Waals surface area contributed by atoms with Crippen LogP contribution < -0.4 is 10.6 Å². The van der Waals surface area contributed by atoms with Crippen molar-refractivity contribution in [2.45, 2.75) is 19.1 Å². The maximum atomic E-state index is 9.10. The van der Waals surface area contributed by atoms with Gasteiger partial charge in [0, 0.05) is 24.8 Å². The van der Waals surface area contributed by atoms with Gasteiger partial charge in [-0.05, 0) is 24.6 Å². The van der Waals surface area contributed by atoms with Crippen molar-refractivity contribution in [3.63, 3.8) is 0 Å². The Morgan fingerprint density at radius 2 is 2.18 bits per heavy atom. The van der Waals surface area contributed by atoms with Crippen LogP contribution in [-0.2, 0) is 4.74 Å². The lowest BCUT2D eigenvalue weighted by Crippen LogP contribution is -2.44. The molecule has 1 fully saturated rings. The van der Waals surface area contributed by atoms with Gasteiger partial charge in [0.25, 0.3) is 0 Å². The van der Waals surface area contributed by atoms with Gasteiger partial charge >= 0.3 is 0 Å². The highest BCUT2D eigenvalue weighted by atomic mass is 16.5.